The van der Waals surface area contributed by atoms with Crippen molar-refractivity contribution in [1.29, 1.82) is 0 Å². The lowest BCUT2D eigenvalue weighted by molar-refractivity contribution is 0.0952. The predicted molar refractivity (Wildman–Crippen MR) is 91.0 cm³/mol. The molecule has 24 heavy (non-hydrogen) atoms. The molecule has 1 aromatic heterocycles. The zero-order valence-electron chi connectivity index (χ0n) is 12.5. The summed E-state index contributed by atoms with van der Waals surface area (Å²) in [6, 6.07) is 11.2. The van der Waals surface area contributed by atoms with E-state index in [1.807, 2.05) is 0 Å². The Morgan fingerprint density at radius 2 is 1.83 bits per heavy atom. The molecule has 3 aromatic rings. The average Bonchev–Trinajstić information content (AvgIpc) is 2.58. The summed E-state index contributed by atoms with van der Waals surface area (Å²) >= 11 is 6.10. The van der Waals surface area contributed by atoms with E-state index in [0.29, 0.717) is 34.6 Å². The first-order valence-electron chi connectivity index (χ1n) is 7.41. The minimum absolute atomic E-state index is 0.0277. The summed E-state index contributed by atoms with van der Waals surface area (Å²) in [5.74, 6) is -0.242. The van der Waals surface area contributed by atoms with Gasteiger partial charge >= 0.3 is 0 Å². The molecule has 2 aromatic carbocycles. The monoisotopic (exact) mass is 341 g/mol. The average molecular weight is 342 g/mol. The molecule has 2 heterocycles. The van der Waals surface area contributed by atoms with Gasteiger partial charge in [-0.15, -0.1) is 0 Å². The Morgan fingerprint density at radius 1 is 1.08 bits per heavy atom. The molecular formula is C18H12ClNO4. The van der Waals surface area contributed by atoms with E-state index in [-0.39, 0.29) is 28.4 Å². The van der Waals surface area contributed by atoms with E-state index in [4.69, 9.17) is 16.0 Å². The van der Waals surface area contributed by atoms with Crippen molar-refractivity contribution in [1.82, 2.24) is 0 Å². The first-order valence-corrected chi connectivity index (χ1v) is 7.79. The van der Waals surface area contributed by atoms with Crippen molar-refractivity contribution in [3.63, 3.8) is 0 Å². The maximum Gasteiger partial charge on any atom is 0.294 e. The molecule has 0 unspecified atom stereocenters. The van der Waals surface area contributed by atoms with Gasteiger partial charge in [0.05, 0.1) is 16.0 Å². The van der Waals surface area contributed by atoms with Crippen LogP contribution in [0.2, 0.25) is 5.02 Å². The van der Waals surface area contributed by atoms with E-state index in [1.54, 1.807) is 30.3 Å². The highest BCUT2D eigenvalue weighted by Crippen LogP contribution is 2.29. The van der Waals surface area contributed by atoms with Crippen molar-refractivity contribution in [2.45, 2.75) is 6.42 Å². The number of hydrogen-bond donors (Lipinski definition) is 1. The van der Waals surface area contributed by atoms with Crippen LogP contribution in [-0.2, 0) is 6.42 Å². The number of rotatable bonds is 1. The highest BCUT2D eigenvalue weighted by molar-refractivity contribution is 6.34. The molecule has 0 saturated heterocycles. The topological polar surface area (TPSA) is 70.8 Å². The molecular weight excluding hydrogens is 330 g/mol. The van der Waals surface area contributed by atoms with Crippen molar-refractivity contribution in [3.8, 4) is 5.75 Å². The van der Waals surface area contributed by atoms with Crippen LogP contribution in [0.4, 0.5) is 5.69 Å². The second kappa shape index (κ2) is 5.39. The lowest BCUT2D eigenvalue weighted by Crippen LogP contribution is -2.39. The Hall–Kier alpha value is -2.79. The number of para-hydroxylation sites is 1. The third-order valence-electron chi connectivity index (χ3n) is 4.15. The molecule has 0 fully saturated rings. The Labute approximate surface area is 141 Å². The smallest absolute Gasteiger partial charge is 0.294 e. The molecule has 0 radical (unpaired) electrons. The van der Waals surface area contributed by atoms with Crippen molar-refractivity contribution >= 4 is 34.2 Å². The van der Waals surface area contributed by atoms with E-state index >= 15 is 0 Å². The van der Waals surface area contributed by atoms with Crippen LogP contribution in [0.3, 0.4) is 0 Å². The number of anilines is 1. The number of aromatic hydroxyl groups is 1. The molecule has 5 nitrogen and oxygen atoms in total. The molecule has 0 atom stereocenters. The van der Waals surface area contributed by atoms with Crippen molar-refractivity contribution in [2.24, 2.45) is 0 Å². The minimum atomic E-state index is -0.388. The van der Waals surface area contributed by atoms with Crippen LogP contribution in [0.5, 0.6) is 5.75 Å². The maximum absolute atomic E-state index is 12.8. The fraction of sp³-hybridized carbons (Fsp3) is 0.111. The molecule has 0 saturated carbocycles. The van der Waals surface area contributed by atoms with Gasteiger partial charge in [0, 0.05) is 12.2 Å². The highest BCUT2D eigenvalue weighted by atomic mass is 35.5. The van der Waals surface area contributed by atoms with Gasteiger partial charge in [-0.2, -0.15) is 0 Å². The first kappa shape index (κ1) is 14.8. The first-order chi connectivity index (χ1) is 11.6. The van der Waals surface area contributed by atoms with Crippen LogP contribution in [0.15, 0.2) is 51.7 Å². The second-order valence-corrected chi connectivity index (χ2v) is 5.99. The SMILES string of the molecule is O=C1c2oc3c(Cl)cccc3c(=O)c2CCN1c1ccc(O)cc1. The zero-order chi connectivity index (χ0) is 16.8. The lowest BCUT2D eigenvalue weighted by atomic mass is 10.0. The quantitative estimate of drug-likeness (QED) is 0.736. The largest absolute Gasteiger partial charge is 0.508 e. The van der Waals surface area contributed by atoms with Gasteiger partial charge < -0.3 is 14.4 Å². The normalized spacial score (nSPS) is 14.0. The summed E-state index contributed by atoms with van der Waals surface area (Å²) in [5.41, 5.74) is 1.02. The van der Waals surface area contributed by atoms with Gasteiger partial charge in [-0.05, 0) is 42.8 Å². The van der Waals surface area contributed by atoms with Crippen LogP contribution in [0.25, 0.3) is 11.0 Å². The van der Waals surface area contributed by atoms with Gasteiger partial charge in [0.15, 0.2) is 16.8 Å². The van der Waals surface area contributed by atoms with Crippen LogP contribution < -0.4 is 10.3 Å². The number of hydrogen-bond acceptors (Lipinski definition) is 4. The van der Waals surface area contributed by atoms with Gasteiger partial charge in [0.25, 0.3) is 5.91 Å². The highest BCUT2D eigenvalue weighted by Gasteiger charge is 2.31. The Balaban J connectivity index is 1.88. The Morgan fingerprint density at radius 3 is 2.58 bits per heavy atom. The summed E-state index contributed by atoms with van der Waals surface area (Å²) in [5, 5.41) is 10.1. The summed E-state index contributed by atoms with van der Waals surface area (Å²) in [7, 11) is 0. The molecule has 1 aliphatic heterocycles. The van der Waals surface area contributed by atoms with Crippen molar-refractivity contribution in [3.05, 3.63) is 69.0 Å². The molecule has 1 aliphatic rings. The van der Waals surface area contributed by atoms with Gasteiger partial charge in [0.2, 0.25) is 0 Å². The van der Waals surface area contributed by atoms with Crippen molar-refractivity contribution < 1.29 is 14.3 Å². The number of benzene rings is 2. The minimum Gasteiger partial charge on any atom is -0.508 e. The number of amides is 1. The third-order valence-corrected chi connectivity index (χ3v) is 4.45. The van der Waals surface area contributed by atoms with Gasteiger partial charge in [0.1, 0.15) is 5.75 Å². The maximum atomic E-state index is 12.8. The van der Waals surface area contributed by atoms with Gasteiger partial charge in [-0.25, -0.2) is 0 Å². The van der Waals surface area contributed by atoms with E-state index in [0.717, 1.165) is 0 Å². The van der Waals surface area contributed by atoms with Crippen LogP contribution in [0, 0.1) is 0 Å². The van der Waals surface area contributed by atoms with Crippen LogP contribution in [0.1, 0.15) is 16.1 Å². The second-order valence-electron chi connectivity index (χ2n) is 5.58. The summed E-state index contributed by atoms with van der Waals surface area (Å²) < 4.78 is 5.71. The molecule has 0 aliphatic carbocycles. The van der Waals surface area contributed by atoms with Gasteiger partial charge in [-0.3, -0.25) is 9.59 Å². The number of carbonyl (C=O) groups excluding carboxylic acids is 1. The fourth-order valence-electron chi connectivity index (χ4n) is 2.95. The van der Waals surface area contributed by atoms with E-state index in [1.165, 1.54) is 17.0 Å². The number of nitrogens with zero attached hydrogens (tertiary/aromatic N) is 1. The molecule has 4 rings (SSSR count). The zero-order valence-corrected chi connectivity index (χ0v) is 13.2. The molecule has 6 heteroatoms. The number of halogens is 1. The van der Waals surface area contributed by atoms with E-state index in [9.17, 15) is 14.7 Å². The number of phenolic OH excluding ortho intramolecular Hbond substituents is 1. The standard InChI is InChI=1S/C18H12ClNO4/c19-14-3-1-2-12-15(22)13-8-9-20(10-4-6-11(21)7-5-10)18(23)17(13)24-16(12)14/h1-7,21H,8-9H2. The molecule has 1 amide bonds. The predicted octanol–water partition coefficient (Wildman–Crippen LogP) is 3.35. The summed E-state index contributed by atoms with van der Waals surface area (Å²) in [6.07, 6.45) is 0.396. The fourth-order valence-corrected chi connectivity index (χ4v) is 3.16. The Bertz CT molecular complexity index is 1020. The lowest BCUT2D eigenvalue weighted by Gasteiger charge is -2.27. The molecule has 0 spiro atoms. The number of fused-ring (bicyclic) bond motifs is 2. The molecule has 0 bridgehead atoms. The summed E-state index contributed by atoms with van der Waals surface area (Å²) in [6.45, 7) is 0.368. The van der Waals surface area contributed by atoms with Crippen LogP contribution >= 0.6 is 11.6 Å². The van der Waals surface area contributed by atoms with E-state index in [2.05, 4.69) is 0 Å². The Kier molecular flexibility index (Phi) is 3.32. The molecule has 1 N–H and O–H groups in total. The molecule has 120 valence electrons. The van der Waals surface area contributed by atoms with Crippen LogP contribution in [-0.4, -0.2) is 17.6 Å². The third kappa shape index (κ3) is 2.17. The van der Waals surface area contributed by atoms with Crippen molar-refractivity contribution in [2.75, 3.05) is 11.4 Å². The number of phenols is 1. The number of carbonyl (C=O) groups is 1. The van der Waals surface area contributed by atoms with Gasteiger partial charge in [-0.1, -0.05) is 17.7 Å². The van der Waals surface area contributed by atoms with E-state index < -0.39 is 0 Å². The summed E-state index contributed by atoms with van der Waals surface area (Å²) in [4.78, 5) is 27.0.